The quantitative estimate of drug-likeness (QED) is 0.167. The lowest BCUT2D eigenvalue weighted by molar-refractivity contribution is 0.669. The summed E-state index contributed by atoms with van der Waals surface area (Å²) in [6.07, 6.45) is 0. The van der Waals surface area contributed by atoms with Gasteiger partial charge in [0.05, 0.1) is 0 Å². The van der Waals surface area contributed by atoms with Crippen molar-refractivity contribution in [1.29, 1.82) is 0 Å². The van der Waals surface area contributed by atoms with Crippen LogP contribution in [0.1, 0.15) is 0 Å². The van der Waals surface area contributed by atoms with E-state index in [1.165, 1.54) is 43.1 Å². The van der Waals surface area contributed by atoms with Crippen molar-refractivity contribution in [3.63, 3.8) is 0 Å². The van der Waals surface area contributed by atoms with Gasteiger partial charge in [-0.3, -0.25) is 0 Å². The molecule has 0 unspecified atom stereocenters. The summed E-state index contributed by atoms with van der Waals surface area (Å²) in [7, 11) is 0. The predicted molar refractivity (Wildman–Crippen MR) is 131 cm³/mol. The number of halogens is 1. The topological polar surface area (TPSA) is 13.1 Å². The van der Waals surface area contributed by atoms with Crippen LogP contribution in [-0.4, -0.2) is 0 Å². The highest BCUT2D eigenvalue weighted by molar-refractivity contribution is 9.10. The minimum absolute atomic E-state index is 0.919. The third-order valence-corrected chi connectivity index (χ3v) is 6.75. The summed E-state index contributed by atoms with van der Waals surface area (Å²) in [4.78, 5) is 0. The normalized spacial score (nSPS) is 12.2. The Labute approximate surface area is 180 Å². The summed E-state index contributed by atoms with van der Waals surface area (Å²) in [5.41, 5.74) is 1.85. The molecule has 0 atom stereocenters. The molecule has 30 heavy (non-hydrogen) atoms. The van der Waals surface area contributed by atoms with Gasteiger partial charge in [-0.2, -0.15) is 0 Å². The molecule has 0 N–H and O–H groups in total. The number of furan rings is 1. The Balaban J connectivity index is 1.79. The molecule has 1 heterocycles. The van der Waals surface area contributed by atoms with Gasteiger partial charge >= 0.3 is 0 Å². The molecule has 6 aromatic carbocycles. The molecule has 7 rings (SSSR count). The van der Waals surface area contributed by atoms with Gasteiger partial charge in [-0.05, 0) is 85.6 Å². The molecule has 0 aliphatic rings. The van der Waals surface area contributed by atoms with E-state index < -0.39 is 0 Å². The zero-order valence-electron chi connectivity index (χ0n) is 15.9. The van der Waals surface area contributed by atoms with Crippen molar-refractivity contribution in [2.24, 2.45) is 0 Å². The summed E-state index contributed by atoms with van der Waals surface area (Å²) in [5.74, 6) is 0. The molecule has 0 fully saturated rings. The van der Waals surface area contributed by atoms with Gasteiger partial charge in [-0.15, -0.1) is 0 Å². The first-order valence-electron chi connectivity index (χ1n) is 10.0. The van der Waals surface area contributed by atoms with Gasteiger partial charge in [0.1, 0.15) is 11.2 Å². The molecule has 1 aromatic heterocycles. The van der Waals surface area contributed by atoms with Gasteiger partial charge < -0.3 is 4.42 Å². The SMILES string of the molecule is Brc1ccc2oc3cc4c5ccccc5c5cc6ccccc6cc5c4cc3c2c1. The van der Waals surface area contributed by atoms with E-state index >= 15 is 0 Å². The third kappa shape index (κ3) is 2.17. The molecule has 7 aromatic rings. The van der Waals surface area contributed by atoms with Crippen molar-refractivity contribution in [3.05, 3.63) is 95.5 Å². The summed E-state index contributed by atoms with van der Waals surface area (Å²) < 4.78 is 7.29. The Kier molecular flexibility index (Phi) is 3.20. The molecule has 0 amide bonds. The standard InChI is InChI=1S/C28H15BrO/c29-18-9-10-27-25(13-18)26-14-23-22-12-17-6-2-1-5-16(17)11-21(22)19-7-3-4-8-20(19)24(23)15-28(26)30-27/h1-15H. The van der Waals surface area contributed by atoms with Crippen molar-refractivity contribution in [3.8, 4) is 0 Å². The highest BCUT2D eigenvalue weighted by atomic mass is 79.9. The van der Waals surface area contributed by atoms with Gasteiger partial charge in [0.25, 0.3) is 0 Å². The molecule has 0 radical (unpaired) electrons. The van der Waals surface area contributed by atoms with Gasteiger partial charge in [-0.1, -0.05) is 64.5 Å². The van der Waals surface area contributed by atoms with E-state index in [0.29, 0.717) is 0 Å². The zero-order chi connectivity index (χ0) is 19.8. The van der Waals surface area contributed by atoms with E-state index in [9.17, 15) is 0 Å². The molecule has 0 spiro atoms. The summed E-state index contributed by atoms with van der Waals surface area (Å²) in [5, 5.41) is 12.5. The fourth-order valence-corrected chi connectivity index (χ4v) is 5.24. The van der Waals surface area contributed by atoms with Gasteiger partial charge in [0.2, 0.25) is 0 Å². The Bertz CT molecular complexity index is 1810. The Morgan fingerprint density at radius 2 is 1.00 bits per heavy atom. The van der Waals surface area contributed by atoms with E-state index in [-0.39, 0.29) is 0 Å². The molecule has 140 valence electrons. The molecule has 0 bridgehead atoms. The van der Waals surface area contributed by atoms with Crippen LogP contribution in [0.2, 0.25) is 0 Å². The van der Waals surface area contributed by atoms with Crippen LogP contribution >= 0.6 is 15.9 Å². The number of fused-ring (bicyclic) bond motifs is 10. The first kappa shape index (κ1) is 16.4. The Hall–Kier alpha value is -3.36. The van der Waals surface area contributed by atoms with Crippen LogP contribution in [0.15, 0.2) is 99.9 Å². The monoisotopic (exact) mass is 446 g/mol. The predicted octanol–water partition coefficient (Wildman–Crippen LogP) is 8.96. The van der Waals surface area contributed by atoms with Gasteiger partial charge in [-0.25, -0.2) is 0 Å². The molecular formula is C28H15BrO. The van der Waals surface area contributed by atoms with E-state index in [2.05, 4.69) is 94.8 Å². The Morgan fingerprint density at radius 1 is 0.433 bits per heavy atom. The van der Waals surface area contributed by atoms with Gasteiger partial charge in [0.15, 0.2) is 0 Å². The zero-order valence-corrected chi connectivity index (χ0v) is 17.5. The molecule has 0 saturated heterocycles. The first-order chi connectivity index (χ1) is 14.8. The molecular weight excluding hydrogens is 432 g/mol. The lowest BCUT2D eigenvalue weighted by Crippen LogP contribution is -1.84. The van der Waals surface area contributed by atoms with E-state index in [4.69, 9.17) is 4.42 Å². The van der Waals surface area contributed by atoms with E-state index in [0.717, 1.165) is 26.4 Å². The minimum Gasteiger partial charge on any atom is -0.456 e. The van der Waals surface area contributed by atoms with Crippen molar-refractivity contribution < 1.29 is 4.42 Å². The van der Waals surface area contributed by atoms with Crippen LogP contribution < -0.4 is 0 Å². The summed E-state index contributed by atoms with van der Waals surface area (Å²) >= 11 is 3.61. The second kappa shape index (κ2) is 5.84. The highest BCUT2D eigenvalue weighted by Crippen LogP contribution is 2.41. The van der Waals surface area contributed by atoms with Crippen LogP contribution in [0, 0.1) is 0 Å². The van der Waals surface area contributed by atoms with E-state index in [1.807, 2.05) is 12.1 Å². The maximum atomic E-state index is 6.23. The smallest absolute Gasteiger partial charge is 0.136 e. The number of rotatable bonds is 0. The molecule has 0 saturated carbocycles. The molecule has 1 nitrogen and oxygen atoms in total. The average molecular weight is 447 g/mol. The third-order valence-electron chi connectivity index (χ3n) is 6.25. The van der Waals surface area contributed by atoms with Crippen LogP contribution in [0.5, 0.6) is 0 Å². The second-order valence-corrected chi connectivity index (χ2v) is 8.84. The molecule has 2 heteroatoms. The largest absolute Gasteiger partial charge is 0.456 e. The van der Waals surface area contributed by atoms with Crippen molar-refractivity contribution in [1.82, 2.24) is 0 Å². The van der Waals surface area contributed by atoms with Crippen LogP contribution in [-0.2, 0) is 0 Å². The maximum absolute atomic E-state index is 6.23. The summed E-state index contributed by atoms with van der Waals surface area (Å²) in [6, 6.07) is 32.7. The summed E-state index contributed by atoms with van der Waals surface area (Å²) in [6.45, 7) is 0. The van der Waals surface area contributed by atoms with Crippen LogP contribution in [0.4, 0.5) is 0 Å². The fourth-order valence-electron chi connectivity index (χ4n) is 4.88. The number of hydrogen-bond donors (Lipinski definition) is 0. The average Bonchev–Trinajstić information content (AvgIpc) is 3.14. The lowest BCUT2D eigenvalue weighted by Gasteiger charge is -2.12. The Morgan fingerprint density at radius 3 is 1.73 bits per heavy atom. The van der Waals surface area contributed by atoms with Crippen molar-refractivity contribution in [2.45, 2.75) is 0 Å². The highest BCUT2D eigenvalue weighted by Gasteiger charge is 2.14. The van der Waals surface area contributed by atoms with Crippen molar-refractivity contribution >= 4 is 81.0 Å². The lowest BCUT2D eigenvalue weighted by atomic mass is 9.91. The van der Waals surface area contributed by atoms with E-state index in [1.54, 1.807) is 0 Å². The fraction of sp³-hybridized carbons (Fsp3) is 0. The number of hydrogen-bond acceptors (Lipinski definition) is 1. The van der Waals surface area contributed by atoms with Gasteiger partial charge in [0, 0.05) is 15.2 Å². The number of benzene rings is 6. The van der Waals surface area contributed by atoms with Crippen LogP contribution in [0.3, 0.4) is 0 Å². The first-order valence-corrected chi connectivity index (χ1v) is 10.8. The maximum Gasteiger partial charge on any atom is 0.136 e. The van der Waals surface area contributed by atoms with Crippen molar-refractivity contribution in [2.75, 3.05) is 0 Å². The second-order valence-electron chi connectivity index (χ2n) is 7.93. The molecule has 0 aliphatic carbocycles. The van der Waals surface area contributed by atoms with Crippen LogP contribution in [0.25, 0.3) is 65.0 Å². The minimum atomic E-state index is 0.919. The molecule has 0 aliphatic heterocycles.